The van der Waals surface area contributed by atoms with E-state index >= 15 is 0 Å². The fraction of sp³-hybridized carbons (Fsp3) is 0.316. The Balaban J connectivity index is 1.48. The van der Waals surface area contributed by atoms with Crippen LogP contribution in [0.2, 0.25) is 0 Å². The number of carbonyl (C=O) groups excluding carboxylic acids is 1. The van der Waals surface area contributed by atoms with Crippen molar-refractivity contribution in [3.05, 3.63) is 48.5 Å². The van der Waals surface area contributed by atoms with Gasteiger partial charge >= 0.3 is 0 Å². The number of rotatable bonds is 4. The maximum atomic E-state index is 12.7. The molecule has 1 fully saturated rings. The number of fused-ring (bicyclic) bond motifs is 1. The Morgan fingerprint density at radius 1 is 1.04 bits per heavy atom. The number of nitrogens with zero attached hydrogens (tertiary/aromatic N) is 1. The van der Waals surface area contributed by atoms with Crippen LogP contribution in [0, 0.1) is 0 Å². The first-order valence-corrected chi connectivity index (χ1v) is 10.3. The summed E-state index contributed by atoms with van der Waals surface area (Å²) in [6.45, 7) is 1.16. The maximum absolute atomic E-state index is 12.7. The Morgan fingerprint density at radius 3 is 2.56 bits per heavy atom. The van der Waals surface area contributed by atoms with Crippen LogP contribution in [0.4, 0.5) is 5.69 Å². The van der Waals surface area contributed by atoms with Crippen LogP contribution in [-0.4, -0.2) is 44.4 Å². The highest BCUT2D eigenvalue weighted by Gasteiger charge is 2.29. The standard InChI is InChI=1S/C19H20N2O5S/c22-19(18-13-25-16-8-1-2-9-17(16)26-18)20-14-6-5-7-15(12-14)27(23,24)21-10-3-4-11-21/h1-2,5-9,12,18H,3-4,10-11,13H2,(H,20,22)/t18-/m0/s1. The predicted molar refractivity (Wildman–Crippen MR) is 99.4 cm³/mol. The van der Waals surface area contributed by atoms with Gasteiger partial charge in [0.25, 0.3) is 5.91 Å². The molecule has 2 aliphatic rings. The lowest BCUT2D eigenvalue weighted by Gasteiger charge is -2.25. The monoisotopic (exact) mass is 388 g/mol. The molecule has 4 rings (SSSR count). The van der Waals surface area contributed by atoms with Gasteiger partial charge in [0.05, 0.1) is 4.90 Å². The molecule has 1 N–H and O–H groups in total. The van der Waals surface area contributed by atoms with Crippen molar-refractivity contribution in [3.8, 4) is 11.5 Å². The van der Waals surface area contributed by atoms with Gasteiger partial charge in [-0.15, -0.1) is 0 Å². The minimum atomic E-state index is -3.54. The Kier molecular flexibility index (Phi) is 4.75. The predicted octanol–water partition coefficient (Wildman–Crippen LogP) is 2.25. The summed E-state index contributed by atoms with van der Waals surface area (Å²) >= 11 is 0. The molecule has 2 aromatic rings. The van der Waals surface area contributed by atoms with Crippen molar-refractivity contribution in [3.63, 3.8) is 0 Å². The van der Waals surface area contributed by atoms with Crippen molar-refractivity contribution in [1.29, 1.82) is 0 Å². The smallest absolute Gasteiger partial charge is 0.269 e. The number of anilines is 1. The highest BCUT2D eigenvalue weighted by Crippen LogP contribution is 2.31. The lowest BCUT2D eigenvalue weighted by molar-refractivity contribution is -0.125. The topological polar surface area (TPSA) is 84.9 Å². The second-order valence-electron chi connectivity index (χ2n) is 6.49. The first-order valence-electron chi connectivity index (χ1n) is 8.83. The fourth-order valence-corrected chi connectivity index (χ4v) is 4.75. The molecule has 1 atom stereocenters. The number of sulfonamides is 1. The molecule has 8 heteroatoms. The third-order valence-electron chi connectivity index (χ3n) is 4.61. The van der Waals surface area contributed by atoms with Crippen molar-refractivity contribution < 1.29 is 22.7 Å². The molecule has 1 amide bonds. The average Bonchev–Trinajstić information content (AvgIpc) is 3.23. The zero-order chi connectivity index (χ0) is 18.9. The van der Waals surface area contributed by atoms with E-state index in [0.717, 1.165) is 12.8 Å². The quantitative estimate of drug-likeness (QED) is 0.868. The van der Waals surface area contributed by atoms with Crippen molar-refractivity contribution in [1.82, 2.24) is 4.31 Å². The molecular weight excluding hydrogens is 368 g/mol. The average molecular weight is 388 g/mol. The summed E-state index contributed by atoms with van der Waals surface area (Å²) in [6, 6.07) is 13.4. The Bertz CT molecular complexity index is 954. The van der Waals surface area contributed by atoms with Crippen LogP contribution in [0.3, 0.4) is 0 Å². The van der Waals surface area contributed by atoms with E-state index in [1.54, 1.807) is 36.4 Å². The molecule has 27 heavy (non-hydrogen) atoms. The zero-order valence-electron chi connectivity index (χ0n) is 14.6. The minimum Gasteiger partial charge on any atom is -0.485 e. The molecule has 0 saturated carbocycles. The second-order valence-corrected chi connectivity index (χ2v) is 8.43. The Hall–Kier alpha value is -2.58. The first-order chi connectivity index (χ1) is 13.0. The minimum absolute atomic E-state index is 0.0919. The van der Waals surface area contributed by atoms with E-state index < -0.39 is 16.1 Å². The highest BCUT2D eigenvalue weighted by molar-refractivity contribution is 7.89. The van der Waals surface area contributed by atoms with Crippen molar-refractivity contribution >= 4 is 21.6 Å². The van der Waals surface area contributed by atoms with Crippen LogP contribution in [0.15, 0.2) is 53.4 Å². The summed E-state index contributed by atoms with van der Waals surface area (Å²) in [5.74, 6) is 0.717. The molecule has 2 heterocycles. The van der Waals surface area contributed by atoms with Gasteiger partial charge in [0, 0.05) is 18.8 Å². The van der Waals surface area contributed by atoms with Crippen molar-refractivity contribution in [2.75, 3.05) is 25.0 Å². The fourth-order valence-electron chi connectivity index (χ4n) is 3.18. The van der Waals surface area contributed by atoms with Gasteiger partial charge in [-0.05, 0) is 43.2 Å². The molecule has 2 aliphatic heterocycles. The number of hydrogen-bond acceptors (Lipinski definition) is 5. The molecule has 0 aliphatic carbocycles. The molecule has 0 unspecified atom stereocenters. The number of carbonyl (C=O) groups is 1. The number of ether oxygens (including phenoxy) is 2. The van der Waals surface area contributed by atoms with Gasteiger partial charge in [0.15, 0.2) is 11.5 Å². The molecule has 0 bridgehead atoms. The SMILES string of the molecule is O=C(Nc1cccc(S(=O)(=O)N2CCCC2)c1)[C@@H]1COc2ccccc2O1. The maximum Gasteiger partial charge on any atom is 0.269 e. The number of hydrogen-bond donors (Lipinski definition) is 1. The largest absolute Gasteiger partial charge is 0.485 e. The molecule has 1 saturated heterocycles. The molecule has 0 radical (unpaired) electrons. The van der Waals surface area contributed by atoms with E-state index in [-0.39, 0.29) is 17.4 Å². The van der Waals surface area contributed by atoms with E-state index in [2.05, 4.69) is 5.32 Å². The van der Waals surface area contributed by atoms with Gasteiger partial charge in [0.1, 0.15) is 6.61 Å². The lowest BCUT2D eigenvalue weighted by atomic mass is 10.2. The number of nitrogens with one attached hydrogen (secondary N) is 1. The zero-order valence-corrected chi connectivity index (χ0v) is 15.4. The summed E-state index contributed by atoms with van der Waals surface area (Å²) in [5, 5.41) is 2.72. The lowest BCUT2D eigenvalue weighted by Crippen LogP contribution is -2.40. The highest BCUT2D eigenvalue weighted by atomic mass is 32.2. The third-order valence-corrected chi connectivity index (χ3v) is 6.50. The number of amides is 1. The van der Waals surface area contributed by atoms with E-state index in [4.69, 9.17) is 9.47 Å². The number of benzene rings is 2. The van der Waals surface area contributed by atoms with Crippen LogP contribution in [-0.2, 0) is 14.8 Å². The van der Waals surface area contributed by atoms with Crippen LogP contribution in [0.1, 0.15) is 12.8 Å². The molecule has 0 aromatic heterocycles. The van der Waals surface area contributed by atoms with Gasteiger partial charge in [-0.2, -0.15) is 4.31 Å². The Morgan fingerprint density at radius 2 is 1.78 bits per heavy atom. The van der Waals surface area contributed by atoms with Gasteiger partial charge in [0.2, 0.25) is 16.1 Å². The van der Waals surface area contributed by atoms with E-state index in [9.17, 15) is 13.2 Å². The van der Waals surface area contributed by atoms with Gasteiger partial charge < -0.3 is 14.8 Å². The van der Waals surface area contributed by atoms with E-state index in [1.807, 2.05) is 6.07 Å². The molecule has 2 aromatic carbocycles. The number of para-hydroxylation sites is 2. The van der Waals surface area contributed by atoms with Crippen LogP contribution in [0.5, 0.6) is 11.5 Å². The summed E-state index contributed by atoms with van der Waals surface area (Å²) in [6.07, 6.45) is 0.936. The summed E-state index contributed by atoms with van der Waals surface area (Å²) in [4.78, 5) is 12.7. The van der Waals surface area contributed by atoms with Crippen molar-refractivity contribution in [2.45, 2.75) is 23.8 Å². The summed E-state index contributed by atoms with van der Waals surface area (Å²) in [5.41, 5.74) is 0.405. The molecule has 7 nitrogen and oxygen atoms in total. The molecular formula is C19H20N2O5S. The summed E-state index contributed by atoms with van der Waals surface area (Å²) < 4.78 is 38.1. The summed E-state index contributed by atoms with van der Waals surface area (Å²) in [7, 11) is -3.54. The first kappa shape index (κ1) is 17.8. The van der Waals surface area contributed by atoms with Crippen LogP contribution in [0.25, 0.3) is 0 Å². The second kappa shape index (κ2) is 7.21. The normalized spacial score (nSPS) is 19.6. The van der Waals surface area contributed by atoms with E-state index in [1.165, 1.54) is 10.4 Å². The molecule has 142 valence electrons. The van der Waals surface area contributed by atoms with Gasteiger partial charge in [-0.3, -0.25) is 4.79 Å². The van der Waals surface area contributed by atoms with Crippen LogP contribution >= 0.6 is 0 Å². The third kappa shape index (κ3) is 3.63. The van der Waals surface area contributed by atoms with Crippen LogP contribution < -0.4 is 14.8 Å². The van der Waals surface area contributed by atoms with Gasteiger partial charge in [-0.25, -0.2) is 8.42 Å². The molecule has 0 spiro atoms. The Labute approximate surface area is 157 Å². The van der Waals surface area contributed by atoms with Gasteiger partial charge in [-0.1, -0.05) is 18.2 Å². The van der Waals surface area contributed by atoms with Crippen molar-refractivity contribution in [2.24, 2.45) is 0 Å². The van der Waals surface area contributed by atoms with E-state index in [0.29, 0.717) is 30.3 Å².